The average molecular weight is 1070 g/mol. The highest BCUT2D eigenvalue weighted by Crippen LogP contribution is 2.26. The maximum atomic E-state index is 12.9. The standard InChI is InChI=1S/C35H35NO12.C22H21NO7/c1-34(2,43)29(38)21-5-10-24(11-6-21)45-15-17-47-28(37)20-36-31(40)26-14-9-23(19-27(26)32(36)41)33(42)48-18-16-46-25-12-7-22(8-13-25)30(39)35(3,4)44;1-22(2,28)19(25)14-7-9-15(10-8-14)29-11-12-30-18(24)13-23-20(26)16-5-3-4-6-17(16)21(23)27/h5-14,19,43-44H,15-18,20H2,1-4H3;3-10,28H,11-13H2,1-2H3. The molecule has 0 saturated carbocycles. The van der Waals surface area contributed by atoms with Gasteiger partial charge in [-0.1, -0.05) is 12.1 Å². The Hall–Kier alpha value is -8.92. The summed E-state index contributed by atoms with van der Waals surface area (Å²) >= 11 is 0. The van der Waals surface area contributed by atoms with Gasteiger partial charge >= 0.3 is 17.9 Å². The van der Waals surface area contributed by atoms with E-state index in [1.807, 2.05) is 0 Å². The van der Waals surface area contributed by atoms with E-state index in [0.29, 0.717) is 33.9 Å². The largest absolute Gasteiger partial charge is 0.490 e. The van der Waals surface area contributed by atoms with E-state index in [0.717, 1.165) is 9.80 Å². The van der Waals surface area contributed by atoms with E-state index in [2.05, 4.69) is 0 Å². The Morgan fingerprint density at radius 2 is 0.679 bits per heavy atom. The molecule has 5 aromatic rings. The van der Waals surface area contributed by atoms with Gasteiger partial charge in [0.1, 0.15) is 86.8 Å². The minimum atomic E-state index is -1.51. The molecular formula is C57H56N2O19. The predicted octanol–water partition coefficient (Wildman–Crippen LogP) is 4.91. The monoisotopic (exact) mass is 1070 g/mol. The van der Waals surface area contributed by atoms with Gasteiger partial charge in [0.2, 0.25) is 0 Å². The predicted molar refractivity (Wildman–Crippen MR) is 274 cm³/mol. The Morgan fingerprint density at radius 3 is 1.01 bits per heavy atom. The first kappa shape index (κ1) is 58.3. The molecule has 2 heterocycles. The van der Waals surface area contributed by atoms with Crippen molar-refractivity contribution < 1.29 is 91.7 Å². The number of amides is 4. The number of benzene rings is 5. The van der Waals surface area contributed by atoms with E-state index in [4.69, 9.17) is 28.4 Å². The molecule has 3 N–H and O–H groups in total. The highest BCUT2D eigenvalue weighted by Gasteiger charge is 2.39. The van der Waals surface area contributed by atoms with Crippen LogP contribution in [-0.4, -0.2) is 154 Å². The second kappa shape index (κ2) is 24.8. The average Bonchev–Trinajstić information content (AvgIpc) is 3.84. The summed E-state index contributed by atoms with van der Waals surface area (Å²) in [7, 11) is 0. The van der Waals surface area contributed by atoms with E-state index in [1.54, 1.807) is 36.4 Å². The molecule has 0 unspecified atom stereocenters. The van der Waals surface area contributed by atoms with Gasteiger partial charge in [0.15, 0.2) is 17.3 Å². The van der Waals surface area contributed by atoms with Crippen LogP contribution in [0.5, 0.6) is 17.2 Å². The number of fused-ring (bicyclic) bond motifs is 2. The van der Waals surface area contributed by atoms with Crippen LogP contribution in [0.25, 0.3) is 0 Å². The van der Waals surface area contributed by atoms with Crippen molar-refractivity contribution >= 4 is 58.9 Å². The number of hydrogen-bond donors (Lipinski definition) is 3. The van der Waals surface area contributed by atoms with E-state index in [1.165, 1.54) is 120 Å². The van der Waals surface area contributed by atoms with E-state index < -0.39 is 88.8 Å². The van der Waals surface area contributed by atoms with Crippen molar-refractivity contribution in [3.05, 3.63) is 160 Å². The quantitative estimate of drug-likeness (QED) is 0.0257. The molecule has 0 saturated heterocycles. The molecular weight excluding hydrogens is 1020 g/mol. The fraction of sp³-hybridized carbons (Fsp3) is 0.298. The SMILES string of the molecule is CC(C)(O)C(=O)c1ccc(OCCOC(=O)CN2C(=O)c3ccc(C(=O)OCCOc4ccc(C(=O)C(C)(C)O)cc4)cc3C2=O)cc1.CC(C)(O)C(=O)c1ccc(OCCOC(=O)CN2C(=O)c3ccccc3C2=O)cc1. The van der Waals surface area contributed by atoms with Crippen molar-refractivity contribution in [2.45, 2.75) is 58.3 Å². The minimum Gasteiger partial charge on any atom is -0.490 e. The van der Waals surface area contributed by atoms with Crippen molar-refractivity contribution in [2.24, 2.45) is 0 Å². The number of ketones is 3. The van der Waals surface area contributed by atoms with Gasteiger partial charge in [-0.15, -0.1) is 0 Å². The molecule has 0 bridgehead atoms. The van der Waals surface area contributed by atoms with Gasteiger partial charge in [-0.3, -0.25) is 53.0 Å². The number of aliphatic hydroxyl groups is 3. The fourth-order valence-corrected chi connectivity index (χ4v) is 7.47. The molecule has 0 radical (unpaired) electrons. The first-order valence-corrected chi connectivity index (χ1v) is 24.2. The number of carbonyl (C=O) groups is 10. The van der Waals surface area contributed by atoms with E-state index in [-0.39, 0.29) is 67.5 Å². The van der Waals surface area contributed by atoms with Crippen LogP contribution in [0.2, 0.25) is 0 Å². The zero-order valence-corrected chi connectivity index (χ0v) is 43.4. The Bertz CT molecular complexity index is 3070. The summed E-state index contributed by atoms with van der Waals surface area (Å²) in [6.45, 7) is 6.88. The van der Waals surface area contributed by atoms with Crippen LogP contribution >= 0.6 is 0 Å². The first-order chi connectivity index (χ1) is 36.7. The van der Waals surface area contributed by atoms with Crippen LogP contribution in [-0.2, 0) is 23.8 Å². The molecule has 21 heteroatoms. The van der Waals surface area contributed by atoms with Gasteiger partial charge in [-0.25, -0.2) is 4.79 Å². The van der Waals surface area contributed by atoms with Crippen LogP contribution < -0.4 is 14.2 Å². The van der Waals surface area contributed by atoms with Crippen molar-refractivity contribution in [2.75, 3.05) is 52.7 Å². The molecule has 0 fully saturated rings. The smallest absolute Gasteiger partial charge is 0.338 e. The molecule has 0 aliphatic carbocycles. The second-order valence-corrected chi connectivity index (χ2v) is 19.1. The summed E-state index contributed by atoms with van der Waals surface area (Å²) in [5, 5.41) is 29.4. The summed E-state index contributed by atoms with van der Waals surface area (Å²) in [4.78, 5) is 125. The molecule has 78 heavy (non-hydrogen) atoms. The molecule has 5 aromatic carbocycles. The molecule has 0 aromatic heterocycles. The zero-order valence-electron chi connectivity index (χ0n) is 43.4. The van der Waals surface area contributed by atoms with Crippen LogP contribution in [0.3, 0.4) is 0 Å². The first-order valence-electron chi connectivity index (χ1n) is 24.2. The third-order valence-corrected chi connectivity index (χ3v) is 11.5. The minimum absolute atomic E-state index is 0.00970. The second-order valence-electron chi connectivity index (χ2n) is 19.1. The van der Waals surface area contributed by atoms with Gasteiger partial charge in [-0.05, 0) is 145 Å². The van der Waals surface area contributed by atoms with Crippen LogP contribution in [0, 0.1) is 0 Å². The molecule has 0 spiro atoms. The third kappa shape index (κ3) is 14.9. The van der Waals surface area contributed by atoms with Gasteiger partial charge in [0.05, 0.1) is 27.8 Å². The maximum absolute atomic E-state index is 12.9. The van der Waals surface area contributed by atoms with Crippen LogP contribution in [0.1, 0.15) is 124 Å². The lowest BCUT2D eigenvalue weighted by Crippen LogP contribution is -2.36. The molecule has 4 amide bonds. The maximum Gasteiger partial charge on any atom is 0.338 e. The molecule has 7 rings (SSSR count). The number of rotatable bonds is 23. The normalized spacial score (nSPS) is 12.9. The highest BCUT2D eigenvalue weighted by atomic mass is 16.6. The topological polar surface area (TPSA) is 293 Å². The van der Waals surface area contributed by atoms with Crippen LogP contribution in [0.15, 0.2) is 115 Å². The van der Waals surface area contributed by atoms with Crippen molar-refractivity contribution in [3.63, 3.8) is 0 Å². The third-order valence-electron chi connectivity index (χ3n) is 11.5. The number of Topliss-reactive ketones (excluding diaryl/α,β-unsaturated/α-hetero) is 3. The number of carbonyl (C=O) groups excluding carboxylic acids is 10. The lowest BCUT2D eigenvalue weighted by Gasteiger charge is -2.15. The molecule has 2 aliphatic heterocycles. The summed E-state index contributed by atoms with van der Waals surface area (Å²) in [5.41, 5.74) is -3.00. The van der Waals surface area contributed by atoms with E-state index >= 15 is 0 Å². The van der Waals surface area contributed by atoms with Crippen LogP contribution in [0.4, 0.5) is 0 Å². The van der Waals surface area contributed by atoms with Gasteiger partial charge in [-0.2, -0.15) is 0 Å². The Balaban J connectivity index is 0.000000281. The van der Waals surface area contributed by atoms with E-state index in [9.17, 15) is 63.3 Å². The molecule has 408 valence electrons. The number of hydrogen-bond acceptors (Lipinski definition) is 19. The molecule has 0 atom stereocenters. The van der Waals surface area contributed by atoms with Gasteiger partial charge in [0, 0.05) is 16.7 Å². The Morgan fingerprint density at radius 1 is 0.385 bits per heavy atom. The number of imide groups is 2. The van der Waals surface area contributed by atoms with Gasteiger partial charge < -0.3 is 43.7 Å². The number of nitrogens with zero attached hydrogens (tertiary/aromatic N) is 2. The highest BCUT2D eigenvalue weighted by molar-refractivity contribution is 6.23. The molecule has 2 aliphatic rings. The van der Waals surface area contributed by atoms with Gasteiger partial charge in [0.25, 0.3) is 23.6 Å². The Labute approximate surface area is 447 Å². The number of esters is 3. The Kier molecular flexibility index (Phi) is 18.6. The van der Waals surface area contributed by atoms with Crippen molar-refractivity contribution in [3.8, 4) is 17.2 Å². The lowest BCUT2D eigenvalue weighted by atomic mass is 9.97. The van der Waals surface area contributed by atoms with Crippen molar-refractivity contribution in [1.29, 1.82) is 0 Å². The zero-order chi connectivity index (χ0) is 57.1. The lowest BCUT2D eigenvalue weighted by molar-refractivity contribution is -0.145. The summed E-state index contributed by atoms with van der Waals surface area (Å²) < 4.78 is 31.8. The fourth-order valence-electron chi connectivity index (χ4n) is 7.47. The van der Waals surface area contributed by atoms with Crippen molar-refractivity contribution in [1.82, 2.24) is 9.80 Å². The number of ether oxygens (including phenoxy) is 6. The summed E-state index contributed by atoms with van der Waals surface area (Å²) in [5.74, 6) is -4.89. The molecule has 21 nitrogen and oxygen atoms in total. The summed E-state index contributed by atoms with van der Waals surface area (Å²) in [6, 6.07) is 28.6. The summed E-state index contributed by atoms with van der Waals surface area (Å²) in [6.07, 6.45) is 0.